The second-order valence-corrected chi connectivity index (χ2v) is 5.98. The van der Waals surface area contributed by atoms with Crippen molar-refractivity contribution in [2.75, 3.05) is 7.05 Å². The van der Waals surface area contributed by atoms with Crippen LogP contribution in [0.15, 0.2) is 11.5 Å². The third-order valence-corrected chi connectivity index (χ3v) is 3.59. The Kier molecular flexibility index (Phi) is 4.59. The van der Waals surface area contributed by atoms with Crippen molar-refractivity contribution in [2.24, 2.45) is 11.1 Å². The summed E-state index contributed by atoms with van der Waals surface area (Å²) in [5.74, 6) is 0.994. The van der Waals surface area contributed by atoms with E-state index in [1.54, 1.807) is 18.3 Å². The van der Waals surface area contributed by atoms with E-state index in [1.165, 1.54) is 0 Å². The van der Waals surface area contributed by atoms with Crippen molar-refractivity contribution in [3.63, 3.8) is 0 Å². The Bertz CT molecular complexity index is 535. The number of aromatic nitrogens is 3. The molecule has 0 aromatic carbocycles. The summed E-state index contributed by atoms with van der Waals surface area (Å²) >= 11 is 0. The molecule has 1 unspecified atom stereocenters. The molecule has 0 bridgehead atoms. The number of nitrogens with zero attached hydrogens (tertiary/aromatic N) is 5. The highest BCUT2D eigenvalue weighted by Crippen LogP contribution is 2.18. The SMILES string of the molecule is CC(C)C1=NOC(C(=O)N(C)Cc2nncn2C(C)C)C1. The Labute approximate surface area is 125 Å². The van der Waals surface area contributed by atoms with E-state index in [4.69, 9.17) is 4.84 Å². The van der Waals surface area contributed by atoms with Crippen molar-refractivity contribution in [3.8, 4) is 0 Å². The van der Waals surface area contributed by atoms with E-state index < -0.39 is 6.10 Å². The third-order valence-electron chi connectivity index (χ3n) is 3.59. The van der Waals surface area contributed by atoms with Crippen molar-refractivity contribution >= 4 is 11.6 Å². The van der Waals surface area contributed by atoms with Crippen LogP contribution in [0.3, 0.4) is 0 Å². The second kappa shape index (κ2) is 6.24. The van der Waals surface area contributed by atoms with Gasteiger partial charge in [0.15, 0.2) is 5.82 Å². The largest absolute Gasteiger partial charge is 0.382 e. The van der Waals surface area contributed by atoms with Gasteiger partial charge in [-0.25, -0.2) is 0 Å². The smallest absolute Gasteiger partial charge is 0.267 e. The van der Waals surface area contributed by atoms with Crippen LogP contribution in [-0.2, 0) is 16.2 Å². The van der Waals surface area contributed by atoms with Crippen LogP contribution < -0.4 is 0 Å². The number of carbonyl (C=O) groups is 1. The molecule has 7 nitrogen and oxygen atoms in total. The van der Waals surface area contributed by atoms with Crippen molar-refractivity contribution < 1.29 is 9.63 Å². The van der Waals surface area contributed by atoms with Crippen LogP contribution in [0.5, 0.6) is 0 Å². The first-order chi connectivity index (χ1) is 9.90. The molecule has 0 aliphatic carbocycles. The van der Waals surface area contributed by atoms with Gasteiger partial charge in [0.1, 0.15) is 6.33 Å². The predicted octanol–water partition coefficient (Wildman–Crippen LogP) is 1.62. The van der Waals surface area contributed by atoms with Crippen molar-refractivity contribution in [2.45, 2.75) is 52.8 Å². The van der Waals surface area contributed by atoms with Gasteiger partial charge in [-0.2, -0.15) is 0 Å². The summed E-state index contributed by atoms with van der Waals surface area (Å²) in [5.41, 5.74) is 0.937. The Morgan fingerprint density at radius 1 is 1.48 bits per heavy atom. The normalized spacial score (nSPS) is 18.0. The van der Waals surface area contributed by atoms with E-state index in [0.29, 0.717) is 18.9 Å². The van der Waals surface area contributed by atoms with Crippen LogP contribution in [-0.4, -0.2) is 44.4 Å². The molecule has 2 heterocycles. The molecule has 0 spiro atoms. The van der Waals surface area contributed by atoms with Crippen LogP contribution in [0, 0.1) is 5.92 Å². The van der Waals surface area contributed by atoms with Gasteiger partial charge in [-0.05, 0) is 19.8 Å². The standard InChI is InChI=1S/C14H23N5O2/c1-9(2)11-6-12(21-17-11)14(20)18(5)7-13-16-15-8-19(13)10(3)4/h8-10,12H,6-7H2,1-5H3. The summed E-state index contributed by atoms with van der Waals surface area (Å²) in [4.78, 5) is 19.3. The monoisotopic (exact) mass is 293 g/mol. The lowest BCUT2D eigenvalue weighted by atomic mass is 10.0. The van der Waals surface area contributed by atoms with Crippen molar-refractivity contribution in [1.29, 1.82) is 0 Å². The minimum absolute atomic E-state index is 0.0762. The molecule has 1 aromatic heterocycles. The minimum atomic E-state index is -0.511. The summed E-state index contributed by atoms with van der Waals surface area (Å²) in [6, 6.07) is 0.261. The number of rotatable bonds is 5. The Morgan fingerprint density at radius 3 is 2.76 bits per heavy atom. The van der Waals surface area contributed by atoms with Crippen LogP contribution in [0.25, 0.3) is 0 Å². The summed E-state index contributed by atoms with van der Waals surface area (Å²) in [7, 11) is 1.75. The average Bonchev–Trinajstić information content (AvgIpc) is 3.06. The van der Waals surface area contributed by atoms with E-state index in [9.17, 15) is 4.79 Å². The van der Waals surface area contributed by atoms with Gasteiger partial charge in [0, 0.05) is 19.5 Å². The predicted molar refractivity (Wildman–Crippen MR) is 78.6 cm³/mol. The summed E-state index contributed by atoms with van der Waals surface area (Å²) < 4.78 is 1.95. The molecular weight excluding hydrogens is 270 g/mol. The molecule has 0 saturated heterocycles. The molecule has 0 N–H and O–H groups in total. The van der Waals surface area contributed by atoms with Crippen LogP contribution in [0.2, 0.25) is 0 Å². The van der Waals surface area contributed by atoms with Crippen molar-refractivity contribution in [1.82, 2.24) is 19.7 Å². The lowest BCUT2D eigenvalue weighted by Crippen LogP contribution is -2.37. The maximum atomic E-state index is 12.4. The highest BCUT2D eigenvalue weighted by molar-refractivity contribution is 5.93. The zero-order valence-corrected chi connectivity index (χ0v) is 13.3. The molecule has 1 atom stereocenters. The second-order valence-electron chi connectivity index (χ2n) is 5.98. The van der Waals surface area contributed by atoms with Crippen LogP contribution in [0.4, 0.5) is 0 Å². The zero-order valence-electron chi connectivity index (χ0n) is 13.3. The number of carbonyl (C=O) groups excluding carboxylic acids is 1. The molecule has 1 aromatic rings. The number of hydrogen-bond acceptors (Lipinski definition) is 5. The quantitative estimate of drug-likeness (QED) is 0.827. The first-order valence-corrected chi connectivity index (χ1v) is 7.26. The van der Waals surface area contributed by atoms with Crippen LogP contribution >= 0.6 is 0 Å². The maximum absolute atomic E-state index is 12.4. The maximum Gasteiger partial charge on any atom is 0.267 e. The minimum Gasteiger partial charge on any atom is -0.382 e. The Hall–Kier alpha value is -1.92. The first-order valence-electron chi connectivity index (χ1n) is 7.26. The number of hydrogen-bond donors (Lipinski definition) is 0. The van der Waals surface area contributed by atoms with Gasteiger partial charge in [-0.15, -0.1) is 10.2 Å². The van der Waals surface area contributed by atoms with Gasteiger partial charge in [-0.1, -0.05) is 19.0 Å². The lowest BCUT2D eigenvalue weighted by Gasteiger charge is -2.20. The topological polar surface area (TPSA) is 72.6 Å². The third kappa shape index (κ3) is 3.40. The summed E-state index contributed by atoms with van der Waals surface area (Å²) in [5, 5.41) is 12.0. The van der Waals surface area contributed by atoms with E-state index in [0.717, 1.165) is 11.5 Å². The molecule has 2 rings (SSSR count). The van der Waals surface area contributed by atoms with Crippen LogP contribution in [0.1, 0.15) is 46.0 Å². The first kappa shape index (κ1) is 15.5. The molecule has 0 radical (unpaired) electrons. The molecule has 1 aliphatic rings. The fraction of sp³-hybridized carbons (Fsp3) is 0.714. The molecule has 21 heavy (non-hydrogen) atoms. The lowest BCUT2D eigenvalue weighted by molar-refractivity contribution is -0.141. The van der Waals surface area contributed by atoms with Gasteiger partial charge < -0.3 is 14.3 Å². The van der Waals surface area contributed by atoms with Crippen molar-refractivity contribution in [3.05, 3.63) is 12.2 Å². The summed E-state index contributed by atoms with van der Waals surface area (Å²) in [6.45, 7) is 8.61. The van der Waals surface area contributed by atoms with E-state index in [1.807, 2.05) is 18.4 Å². The van der Waals surface area contributed by atoms with Gasteiger partial charge in [0.2, 0.25) is 6.10 Å². The Morgan fingerprint density at radius 2 is 2.19 bits per heavy atom. The van der Waals surface area contributed by atoms with Gasteiger partial charge >= 0.3 is 0 Å². The molecule has 1 amide bonds. The average molecular weight is 293 g/mol. The van der Waals surface area contributed by atoms with E-state index >= 15 is 0 Å². The highest BCUT2D eigenvalue weighted by atomic mass is 16.6. The van der Waals surface area contributed by atoms with E-state index in [2.05, 4.69) is 29.2 Å². The fourth-order valence-corrected chi connectivity index (χ4v) is 2.22. The molecule has 116 valence electrons. The zero-order chi connectivity index (χ0) is 15.6. The Balaban J connectivity index is 1.96. The molecular formula is C14H23N5O2. The highest BCUT2D eigenvalue weighted by Gasteiger charge is 2.31. The molecule has 0 saturated carbocycles. The number of likely N-dealkylation sites (N-methyl/N-ethyl adjacent to an activating group) is 1. The van der Waals surface area contributed by atoms with Gasteiger partial charge in [0.25, 0.3) is 5.91 Å². The molecule has 1 aliphatic heterocycles. The van der Waals surface area contributed by atoms with Gasteiger partial charge in [0.05, 0.1) is 12.3 Å². The molecule has 7 heteroatoms. The fourth-order valence-electron chi connectivity index (χ4n) is 2.22. The van der Waals surface area contributed by atoms with E-state index in [-0.39, 0.29) is 11.9 Å². The number of oxime groups is 1. The summed E-state index contributed by atoms with van der Waals surface area (Å²) in [6.07, 6.45) is 1.74. The van der Waals surface area contributed by atoms with Gasteiger partial charge in [-0.3, -0.25) is 4.79 Å². The number of amides is 1. The molecule has 0 fully saturated rings.